The summed E-state index contributed by atoms with van der Waals surface area (Å²) in [6, 6.07) is 14.4. The summed E-state index contributed by atoms with van der Waals surface area (Å²) in [6.07, 6.45) is 1.81. The van der Waals surface area contributed by atoms with Gasteiger partial charge in [0.15, 0.2) is 5.17 Å². The van der Waals surface area contributed by atoms with Crippen molar-refractivity contribution in [3.63, 3.8) is 0 Å². The second kappa shape index (κ2) is 8.99. The monoisotopic (exact) mass is 476 g/mol. The van der Waals surface area contributed by atoms with Crippen LogP contribution in [0.4, 0.5) is 11.4 Å². The molecule has 4 rings (SSSR count). The number of aliphatic imine (C=N–C) groups is 1. The van der Waals surface area contributed by atoms with E-state index >= 15 is 0 Å². The van der Waals surface area contributed by atoms with Gasteiger partial charge in [0.25, 0.3) is 11.6 Å². The van der Waals surface area contributed by atoms with Crippen molar-refractivity contribution in [3.8, 4) is 5.69 Å². The number of aromatic nitrogens is 1. The molecule has 1 aliphatic heterocycles. The average molecular weight is 477 g/mol. The van der Waals surface area contributed by atoms with E-state index in [1.807, 2.05) is 30.6 Å². The molecule has 172 valence electrons. The van der Waals surface area contributed by atoms with Crippen molar-refractivity contribution in [2.24, 2.45) is 4.99 Å². The number of rotatable bonds is 5. The predicted molar refractivity (Wildman–Crippen MR) is 131 cm³/mol. The van der Waals surface area contributed by atoms with Crippen LogP contribution in [0.2, 0.25) is 0 Å². The number of nitrogens with zero attached hydrogens (tertiary/aromatic N) is 4. The molecule has 0 unspecified atom stereocenters. The van der Waals surface area contributed by atoms with Gasteiger partial charge in [0.1, 0.15) is 0 Å². The van der Waals surface area contributed by atoms with Crippen LogP contribution in [0.5, 0.6) is 0 Å². The minimum absolute atomic E-state index is 0.0222. The molecule has 3 aromatic rings. The van der Waals surface area contributed by atoms with E-state index in [2.05, 4.69) is 4.99 Å². The zero-order valence-electron chi connectivity index (χ0n) is 18.6. The van der Waals surface area contributed by atoms with Crippen LogP contribution in [-0.2, 0) is 4.79 Å². The number of amides is 1. The molecule has 1 N–H and O–H groups in total. The van der Waals surface area contributed by atoms with E-state index in [4.69, 9.17) is 5.11 Å². The number of carboxylic acids is 1. The van der Waals surface area contributed by atoms with E-state index in [9.17, 15) is 19.7 Å². The number of nitro groups is 1. The summed E-state index contributed by atoms with van der Waals surface area (Å²) < 4.78 is 1.98. The highest BCUT2D eigenvalue weighted by molar-refractivity contribution is 8.18. The maximum Gasteiger partial charge on any atom is 0.335 e. The molecule has 1 aromatic heterocycles. The number of aromatic carboxylic acids is 1. The SMILES string of the molecule is Cc1cc(/C=C2\SC(=Nc3ccc(C(=O)O)cc3)N(C)C2=O)c(C)n1-c1ccc([N+](=O)[O-])cc1. The Balaban J connectivity index is 1.63. The van der Waals surface area contributed by atoms with Gasteiger partial charge in [-0.25, -0.2) is 9.79 Å². The van der Waals surface area contributed by atoms with Crippen LogP contribution in [0.3, 0.4) is 0 Å². The zero-order chi connectivity index (χ0) is 24.6. The van der Waals surface area contributed by atoms with Gasteiger partial charge in [-0.05, 0) is 79.7 Å². The molecule has 0 bridgehead atoms. The van der Waals surface area contributed by atoms with Crippen LogP contribution in [0, 0.1) is 24.0 Å². The molecule has 1 saturated heterocycles. The van der Waals surface area contributed by atoms with Crippen molar-refractivity contribution in [2.75, 3.05) is 7.05 Å². The molecule has 0 saturated carbocycles. The fourth-order valence-corrected chi connectivity index (χ4v) is 4.61. The van der Waals surface area contributed by atoms with Gasteiger partial charge in [0, 0.05) is 36.3 Å². The number of non-ortho nitro benzene ring substituents is 1. The van der Waals surface area contributed by atoms with Gasteiger partial charge in [-0.1, -0.05) is 0 Å². The Morgan fingerprint density at radius 1 is 1.12 bits per heavy atom. The summed E-state index contributed by atoms with van der Waals surface area (Å²) in [5.74, 6) is -1.20. The summed E-state index contributed by atoms with van der Waals surface area (Å²) in [6.45, 7) is 3.85. The Morgan fingerprint density at radius 2 is 1.76 bits per heavy atom. The first kappa shape index (κ1) is 23.0. The van der Waals surface area contributed by atoms with Gasteiger partial charge >= 0.3 is 5.97 Å². The fraction of sp³-hybridized carbons (Fsp3) is 0.125. The maximum atomic E-state index is 12.8. The number of thioether (sulfide) groups is 1. The first-order valence-electron chi connectivity index (χ1n) is 10.2. The lowest BCUT2D eigenvalue weighted by Gasteiger charge is -2.09. The molecule has 1 amide bonds. The summed E-state index contributed by atoms with van der Waals surface area (Å²) in [5.41, 5.74) is 4.20. The second-order valence-corrected chi connectivity index (χ2v) is 8.67. The van der Waals surface area contributed by atoms with E-state index in [0.717, 1.165) is 22.6 Å². The summed E-state index contributed by atoms with van der Waals surface area (Å²) >= 11 is 1.24. The fourth-order valence-electron chi connectivity index (χ4n) is 3.64. The van der Waals surface area contributed by atoms with E-state index in [-0.39, 0.29) is 17.2 Å². The van der Waals surface area contributed by atoms with Crippen LogP contribution >= 0.6 is 11.8 Å². The number of hydrogen-bond acceptors (Lipinski definition) is 6. The first-order valence-corrected chi connectivity index (χ1v) is 11.0. The molecule has 2 aromatic carbocycles. The van der Waals surface area contributed by atoms with Gasteiger partial charge in [0.2, 0.25) is 0 Å². The second-order valence-electron chi connectivity index (χ2n) is 7.66. The number of benzene rings is 2. The summed E-state index contributed by atoms with van der Waals surface area (Å²) in [7, 11) is 1.64. The Labute approximate surface area is 199 Å². The lowest BCUT2D eigenvalue weighted by Crippen LogP contribution is -2.23. The molecule has 0 spiro atoms. The van der Waals surface area contributed by atoms with Gasteiger partial charge in [-0.3, -0.25) is 19.8 Å². The van der Waals surface area contributed by atoms with Crippen molar-refractivity contribution in [2.45, 2.75) is 13.8 Å². The number of aryl methyl sites for hydroxylation is 1. The zero-order valence-corrected chi connectivity index (χ0v) is 19.4. The van der Waals surface area contributed by atoms with Crippen LogP contribution in [-0.4, -0.2) is 43.6 Å². The first-order chi connectivity index (χ1) is 16.2. The van der Waals surface area contributed by atoms with Gasteiger partial charge < -0.3 is 9.67 Å². The highest BCUT2D eigenvalue weighted by Crippen LogP contribution is 2.34. The highest BCUT2D eigenvalue weighted by Gasteiger charge is 2.30. The third-order valence-electron chi connectivity index (χ3n) is 5.42. The van der Waals surface area contributed by atoms with Crippen molar-refractivity contribution >= 4 is 46.3 Å². The largest absolute Gasteiger partial charge is 0.478 e. The highest BCUT2D eigenvalue weighted by atomic mass is 32.2. The number of carboxylic acid groups (broad SMARTS) is 1. The van der Waals surface area contributed by atoms with Crippen molar-refractivity contribution in [3.05, 3.63) is 92.1 Å². The van der Waals surface area contributed by atoms with Crippen molar-refractivity contribution in [1.29, 1.82) is 0 Å². The molecular formula is C24H20N4O5S. The number of carbonyl (C=O) groups is 2. The van der Waals surface area contributed by atoms with Crippen LogP contribution in [0.15, 0.2) is 64.5 Å². The Hall–Kier alpha value is -4.18. The van der Waals surface area contributed by atoms with Gasteiger partial charge in [0.05, 0.1) is 21.1 Å². The average Bonchev–Trinajstić information content (AvgIpc) is 3.23. The molecule has 1 aliphatic rings. The van der Waals surface area contributed by atoms with Gasteiger partial charge in [-0.15, -0.1) is 0 Å². The number of carbonyl (C=O) groups excluding carboxylic acids is 1. The third kappa shape index (κ3) is 4.35. The molecule has 10 heteroatoms. The van der Waals surface area contributed by atoms with E-state index < -0.39 is 10.9 Å². The number of amidine groups is 1. The van der Waals surface area contributed by atoms with Crippen LogP contribution in [0.1, 0.15) is 27.3 Å². The van der Waals surface area contributed by atoms with E-state index in [1.54, 1.807) is 31.3 Å². The molecule has 34 heavy (non-hydrogen) atoms. The van der Waals surface area contributed by atoms with Crippen LogP contribution in [0.25, 0.3) is 11.8 Å². The molecule has 0 aliphatic carbocycles. The van der Waals surface area contributed by atoms with E-state index in [1.165, 1.54) is 40.9 Å². The number of hydrogen-bond donors (Lipinski definition) is 1. The van der Waals surface area contributed by atoms with Crippen molar-refractivity contribution in [1.82, 2.24) is 9.47 Å². The topological polar surface area (TPSA) is 118 Å². The van der Waals surface area contributed by atoms with Gasteiger partial charge in [-0.2, -0.15) is 0 Å². The van der Waals surface area contributed by atoms with E-state index in [0.29, 0.717) is 15.8 Å². The molecule has 0 radical (unpaired) electrons. The predicted octanol–water partition coefficient (Wildman–Crippen LogP) is 4.93. The lowest BCUT2D eigenvalue weighted by atomic mass is 10.2. The van der Waals surface area contributed by atoms with Crippen molar-refractivity contribution < 1.29 is 19.6 Å². The Kier molecular flexibility index (Phi) is 6.08. The standard InChI is InChI=1S/C24H20N4O5S/c1-14-12-17(15(2)27(14)19-8-10-20(11-9-19)28(32)33)13-21-22(29)26(3)24(34-21)25-18-6-4-16(5-7-18)23(30)31/h4-13H,1-3H3,(H,30,31)/b21-13-,25-24?. The Morgan fingerprint density at radius 3 is 2.35 bits per heavy atom. The minimum Gasteiger partial charge on any atom is -0.478 e. The quantitative estimate of drug-likeness (QED) is 0.317. The molecule has 2 heterocycles. The number of nitro benzene ring substituents is 1. The molecule has 9 nitrogen and oxygen atoms in total. The molecule has 0 atom stereocenters. The minimum atomic E-state index is -1.02. The summed E-state index contributed by atoms with van der Waals surface area (Å²) in [5, 5.41) is 20.5. The maximum absolute atomic E-state index is 12.8. The third-order valence-corrected chi connectivity index (χ3v) is 6.48. The van der Waals surface area contributed by atoms with Crippen LogP contribution < -0.4 is 0 Å². The normalized spacial score (nSPS) is 16.0. The smallest absolute Gasteiger partial charge is 0.335 e. The lowest BCUT2D eigenvalue weighted by molar-refractivity contribution is -0.384. The number of likely N-dealkylation sites (N-methyl/N-ethyl adjacent to an activating group) is 1. The molecular weight excluding hydrogens is 456 g/mol. The summed E-state index contributed by atoms with van der Waals surface area (Å²) in [4.78, 5) is 40.8. The molecule has 1 fully saturated rings. The Bertz CT molecular complexity index is 1370.